The van der Waals surface area contributed by atoms with Crippen LogP contribution in [-0.4, -0.2) is 59.9 Å². The standard InChI is InChI=1S/C19H24N4O5S/c1-2-28-17(25)10-15-12-29-19(21-15)22-18(26)20-14-3-4-16(24)13(9-14)11-23-5-7-27-8-6-23/h3-4,9,12,24H,2,5-8,10-11H2,1H3,(H2,20,21,22,26). The fourth-order valence-corrected chi connectivity index (χ4v) is 3.56. The molecule has 0 bridgehead atoms. The van der Waals surface area contributed by atoms with Crippen molar-refractivity contribution in [3.8, 4) is 5.75 Å². The molecule has 0 saturated carbocycles. The maximum Gasteiger partial charge on any atom is 0.325 e. The second kappa shape index (κ2) is 10.2. The van der Waals surface area contributed by atoms with Crippen LogP contribution in [-0.2, 0) is 27.2 Å². The maximum atomic E-state index is 12.3. The number of ether oxygens (including phenoxy) is 2. The number of esters is 1. The van der Waals surface area contributed by atoms with Crippen LogP contribution in [0.5, 0.6) is 5.75 Å². The highest BCUT2D eigenvalue weighted by molar-refractivity contribution is 7.13. The van der Waals surface area contributed by atoms with E-state index in [1.54, 1.807) is 30.5 Å². The van der Waals surface area contributed by atoms with Crippen molar-refractivity contribution in [3.63, 3.8) is 0 Å². The van der Waals surface area contributed by atoms with E-state index in [-0.39, 0.29) is 18.1 Å². The lowest BCUT2D eigenvalue weighted by Gasteiger charge is -2.27. The number of rotatable bonds is 7. The molecular formula is C19H24N4O5S. The number of nitrogens with one attached hydrogen (secondary N) is 2. The van der Waals surface area contributed by atoms with Gasteiger partial charge in [0.05, 0.1) is 31.9 Å². The molecule has 156 valence electrons. The van der Waals surface area contributed by atoms with Crippen molar-refractivity contribution in [2.45, 2.75) is 19.9 Å². The zero-order valence-corrected chi connectivity index (χ0v) is 17.0. The second-order valence-electron chi connectivity index (χ2n) is 6.44. The quantitative estimate of drug-likeness (QED) is 0.466. The van der Waals surface area contributed by atoms with Gasteiger partial charge in [0, 0.05) is 36.3 Å². The topological polar surface area (TPSA) is 113 Å². The van der Waals surface area contributed by atoms with Crippen molar-refractivity contribution in [1.82, 2.24) is 9.88 Å². The van der Waals surface area contributed by atoms with Crippen LogP contribution in [0.4, 0.5) is 15.6 Å². The molecule has 1 aliphatic heterocycles. The molecule has 9 nitrogen and oxygen atoms in total. The van der Waals surface area contributed by atoms with Crippen LogP contribution in [0.2, 0.25) is 0 Å². The van der Waals surface area contributed by atoms with Crippen molar-refractivity contribution < 1.29 is 24.2 Å². The molecule has 1 fully saturated rings. The Labute approximate surface area is 172 Å². The van der Waals surface area contributed by atoms with Crippen molar-refractivity contribution in [2.75, 3.05) is 43.5 Å². The summed E-state index contributed by atoms with van der Waals surface area (Å²) in [6, 6.07) is 4.49. The van der Waals surface area contributed by atoms with Crippen LogP contribution in [0.1, 0.15) is 18.2 Å². The van der Waals surface area contributed by atoms with E-state index in [1.165, 1.54) is 11.3 Å². The molecule has 3 N–H and O–H groups in total. The van der Waals surface area contributed by atoms with E-state index in [0.717, 1.165) is 18.7 Å². The average Bonchev–Trinajstić information content (AvgIpc) is 3.12. The molecule has 2 aromatic rings. The Hall–Kier alpha value is -2.69. The van der Waals surface area contributed by atoms with Gasteiger partial charge in [0.2, 0.25) is 0 Å². The number of anilines is 2. The molecule has 2 heterocycles. The molecule has 3 rings (SSSR count). The first-order valence-corrected chi connectivity index (χ1v) is 10.2. The van der Waals surface area contributed by atoms with Gasteiger partial charge in [-0.05, 0) is 25.1 Å². The molecule has 1 aliphatic rings. The number of morpholine rings is 1. The zero-order chi connectivity index (χ0) is 20.6. The Kier molecular flexibility index (Phi) is 7.39. The number of nitrogens with zero attached hydrogens (tertiary/aromatic N) is 2. The molecule has 1 aromatic heterocycles. The van der Waals surface area contributed by atoms with Gasteiger partial charge in [-0.1, -0.05) is 0 Å². The largest absolute Gasteiger partial charge is 0.508 e. The number of aromatic hydroxyl groups is 1. The number of benzene rings is 1. The lowest BCUT2D eigenvalue weighted by Crippen LogP contribution is -2.35. The summed E-state index contributed by atoms with van der Waals surface area (Å²) in [7, 11) is 0. The number of urea groups is 1. The molecule has 29 heavy (non-hydrogen) atoms. The van der Waals surface area contributed by atoms with Gasteiger partial charge in [0.25, 0.3) is 0 Å². The van der Waals surface area contributed by atoms with E-state index in [2.05, 4.69) is 20.5 Å². The number of hydrogen-bond acceptors (Lipinski definition) is 8. The van der Waals surface area contributed by atoms with Crippen LogP contribution in [0, 0.1) is 0 Å². The van der Waals surface area contributed by atoms with Crippen LogP contribution in [0.3, 0.4) is 0 Å². The van der Waals surface area contributed by atoms with Gasteiger partial charge >= 0.3 is 12.0 Å². The van der Waals surface area contributed by atoms with Crippen molar-refractivity contribution in [3.05, 3.63) is 34.8 Å². The van der Waals surface area contributed by atoms with Gasteiger partial charge in [-0.15, -0.1) is 11.3 Å². The smallest absolute Gasteiger partial charge is 0.325 e. The Morgan fingerprint density at radius 3 is 2.86 bits per heavy atom. The first-order chi connectivity index (χ1) is 14.0. The number of phenolic OH excluding ortho intramolecular Hbond substituents is 1. The minimum atomic E-state index is -0.454. The van der Waals surface area contributed by atoms with Gasteiger partial charge in [0.15, 0.2) is 5.13 Å². The summed E-state index contributed by atoms with van der Waals surface area (Å²) < 4.78 is 10.2. The summed E-state index contributed by atoms with van der Waals surface area (Å²) in [6.45, 7) is 5.59. The molecule has 0 radical (unpaired) electrons. The van der Waals surface area contributed by atoms with Gasteiger partial charge in [-0.25, -0.2) is 9.78 Å². The fourth-order valence-electron chi connectivity index (χ4n) is 2.86. The zero-order valence-electron chi connectivity index (χ0n) is 16.1. The third-order valence-corrected chi connectivity index (χ3v) is 5.04. The lowest BCUT2D eigenvalue weighted by molar-refractivity contribution is -0.142. The maximum absolute atomic E-state index is 12.3. The average molecular weight is 420 g/mol. The summed E-state index contributed by atoms with van der Waals surface area (Å²) >= 11 is 1.23. The number of thiazole rings is 1. The number of hydrogen-bond donors (Lipinski definition) is 3. The van der Waals surface area contributed by atoms with Gasteiger partial charge in [0.1, 0.15) is 5.75 Å². The highest BCUT2D eigenvalue weighted by atomic mass is 32.1. The molecule has 1 aromatic carbocycles. The monoisotopic (exact) mass is 420 g/mol. The predicted molar refractivity (Wildman–Crippen MR) is 109 cm³/mol. The summed E-state index contributed by atoms with van der Waals surface area (Å²) in [5.41, 5.74) is 1.84. The minimum absolute atomic E-state index is 0.0660. The predicted octanol–water partition coefficient (Wildman–Crippen LogP) is 2.43. The molecule has 0 unspecified atom stereocenters. The second-order valence-corrected chi connectivity index (χ2v) is 7.30. The van der Waals surface area contributed by atoms with E-state index in [4.69, 9.17) is 9.47 Å². The number of carbonyl (C=O) groups is 2. The molecular weight excluding hydrogens is 396 g/mol. The molecule has 0 atom stereocenters. The Morgan fingerprint density at radius 1 is 1.31 bits per heavy atom. The Morgan fingerprint density at radius 2 is 2.10 bits per heavy atom. The number of amides is 2. The molecule has 10 heteroatoms. The summed E-state index contributed by atoms with van der Waals surface area (Å²) in [4.78, 5) is 30.2. The van der Waals surface area contributed by atoms with Crippen LogP contribution >= 0.6 is 11.3 Å². The summed E-state index contributed by atoms with van der Waals surface area (Å²) in [6.07, 6.45) is 0.0660. The Bertz CT molecular complexity index is 851. The van der Waals surface area contributed by atoms with E-state index in [1.807, 2.05) is 0 Å². The molecule has 0 spiro atoms. The highest BCUT2D eigenvalue weighted by Crippen LogP contribution is 2.24. The van der Waals surface area contributed by atoms with Crippen molar-refractivity contribution >= 4 is 34.2 Å². The fraction of sp³-hybridized carbons (Fsp3) is 0.421. The normalized spacial score (nSPS) is 14.4. The number of phenols is 1. The van der Waals surface area contributed by atoms with Gasteiger partial charge < -0.3 is 19.9 Å². The summed E-state index contributed by atoms with van der Waals surface area (Å²) in [5.74, 6) is -0.170. The van der Waals surface area contributed by atoms with E-state index >= 15 is 0 Å². The molecule has 1 saturated heterocycles. The Balaban J connectivity index is 1.55. The molecule has 0 aliphatic carbocycles. The minimum Gasteiger partial charge on any atom is -0.508 e. The van der Waals surface area contributed by atoms with E-state index in [9.17, 15) is 14.7 Å². The van der Waals surface area contributed by atoms with Crippen LogP contribution < -0.4 is 10.6 Å². The number of aromatic nitrogens is 1. The third-order valence-electron chi connectivity index (χ3n) is 4.24. The molecule has 2 amide bonds. The van der Waals surface area contributed by atoms with Gasteiger partial charge in [-0.3, -0.25) is 15.0 Å². The van der Waals surface area contributed by atoms with Crippen LogP contribution in [0.25, 0.3) is 0 Å². The summed E-state index contributed by atoms with van der Waals surface area (Å²) in [5, 5.41) is 17.6. The third kappa shape index (κ3) is 6.41. The van der Waals surface area contributed by atoms with Gasteiger partial charge in [-0.2, -0.15) is 0 Å². The van der Waals surface area contributed by atoms with E-state index in [0.29, 0.717) is 42.9 Å². The highest BCUT2D eigenvalue weighted by Gasteiger charge is 2.14. The van der Waals surface area contributed by atoms with Crippen molar-refractivity contribution in [1.29, 1.82) is 0 Å². The lowest BCUT2D eigenvalue weighted by atomic mass is 10.1. The first kappa shape index (κ1) is 21.0. The van der Waals surface area contributed by atoms with Crippen molar-refractivity contribution in [2.24, 2.45) is 0 Å². The van der Waals surface area contributed by atoms with E-state index < -0.39 is 6.03 Å². The number of carbonyl (C=O) groups excluding carboxylic acids is 2. The van der Waals surface area contributed by atoms with Crippen LogP contribution in [0.15, 0.2) is 23.6 Å². The first-order valence-electron chi connectivity index (χ1n) is 9.33. The SMILES string of the molecule is CCOC(=O)Cc1csc(NC(=O)Nc2ccc(O)c(CN3CCOCC3)c2)n1.